The van der Waals surface area contributed by atoms with Gasteiger partial charge in [-0.25, -0.2) is 14.4 Å². The van der Waals surface area contributed by atoms with Crippen LogP contribution in [0.3, 0.4) is 0 Å². The second-order valence-electron chi connectivity index (χ2n) is 4.86. The van der Waals surface area contributed by atoms with E-state index >= 15 is 0 Å². The summed E-state index contributed by atoms with van der Waals surface area (Å²) in [5.41, 5.74) is 3.46. The van der Waals surface area contributed by atoms with Gasteiger partial charge < -0.3 is 0 Å². The fraction of sp³-hybridized carbons (Fsp3) is 0.200. The molecule has 0 radical (unpaired) electrons. The summed E-state index contributed by atoms with van der Waals surface area (Å²) in [5.74, 6) is -0.818. The molecule has 0 N–H and O–H groups in total. The highest BCUT2D eigenvalue weighted by atomic mass is 35.5. The van der Waals surface area contributed by atoms with Crippen molar-refractivity contribution in [1.82, 2.24) is 15.0 Å². The first-order valence-electron chi connectivity index (χ1n) is 6.76. The van der Waals surface area contributed by atoms with Crippen LogP contribution < -0.4 is 4.90 Å². The van der Waals surface area contributed by atoms with E-state index < -0.39 is 5.91 Å². The van der Waals surface area contributed by atoms with Gasteiger partial charge in [-0.05, 0) is 18.6 Å². The molecule has 2 aromatic heterocycles. The number of nitrogens with zero attached hydrogens (tertiary/aromatic N) is 4. The van der Waals surface area contributed by atoms with Crippen LogP contribution in [0.25, 0.3) is 10.3 Å². The predicted octanol–water partition coefficient (Wildman–Crippen LogP) is 3.31. The Bertz CT molecular complexity index is 849. The highest BCUT2D eigenvalue weighted by Crippen LogP contribution is 2.22. The van der Waals surface area contributed by atoms with Gasteiger partial charge in [0.25, 0.3) is 0 Å². The van der Waals surface area contributed by atoms with Gasteiger partial charge in [-0.2, -0.15) is 4.98 Å². The van der Waals surface area contributed by atoms with Gasteiger partial charge in [0.05, 0.1) is 18.3 Å². The van der Waals surface area contributed by atoms with E-state index in [2.05, 4.69) is 15.0 Å². The average Bonchev–Trinajstić information content (AvgIpc) is 3.01. The smallest absolute Gasteiger partial charge is 0.244 e. The Morgan fingerprint density at radius 3 is 2.96 bits per heavy atom. The van der Waals surface area contributed by atoms with Gasteiger partial charge in [0, 0.05) is 5.56 Å². The molecule has 23 heavy (non-hydrogen) atoms. The van der Waals surface area contributed by atoms with Crippen LogP contribution in [-0.2, 0) is 11.3 Å². The van der Waals surface area contributed by atoms with E-state index in [4.69, 9.17) is 11.6 Å². The molecule has 8 heteroatoms. The monoisotopic (exact) mass is 350 g/mol. The van der Waals surface area contributed by atoms with Crippen LogP contribution in [0.15, 0.2) is 29.9 Å². The molecule has 0 unspecified atom stereocenters. The van der Waals surface area contributed by atoms with Crippen molar-refractivity contribution in [3.63, 3.8) is 0 Å². The van der Waals surface area contributed by atoms with Gasteiger partial charge in [0.2, 0.25) is 11.9 Å². The first kappa shape index (κ1) is 15.8. The molecule has 0 bridgehead atoms. The molecular weight excluding hydrogens is 339 g/mol. The molecule has 0 aliphatic rings. The molecule has 0 saturated heterocycles. The van der Waals surface area contributed by atoms with Gasteiger partial charge in [-0.15, -0.1) is 22.9 Å². The molecule has 3 aromatic rings. The minimum atomic E-state index is -0.391. The Morgan fingerprint density at radius 2 is 2.22 bits per heavy atom. The molecule has 1 aromatic carbocycles. The van der Waals surface area contributed by atoms with Crippen molar-refractivity contribution in [3.05, 3.63) is 46.9 Å². The van der Waals surface area contributed by atoms with Crippen molar-refractivity contribution in [1.29, 1.82) is 0 Å². The number of alkyl halides is 1. The number of carbonyl (C=O) groups is 1. The number of hydrogen-bond acceptors (Lipinski definition) is 5. The topological polar surface area (TPSA) is 59.0 Å². The summed E-state index contributed by atoms with van der Waals surface area (Å²) in [6, 6.07) is 4.77. The maximum atomic E-state index is 14.1. The Kier molecular flexibility index (Phi) is 4.49. The molecule has 0 saturated carbocycles. The molecule has 2 heterocycles. The molecular formula is C15H12ClFN4OS. The molecule has 5 nitrogen and oxygen atoms in total. The second-order valence-corrected chi connectivity index (χ2v) is 5.96. The maximum Gasteiger partial charge on any atom is 0.244 e. The molecule has 1 amide bonds. The van der Waals surface area contributed by atoms with Crippen LogP contribution in [0, 0.1) is 12.7 Å². The minimum Gasteiger partial charge on any atom is -0.275 e. The van der Waals surface area contributed by atoms with Crippen LogP contribution in [0.4, 0.5) is 10.3 Å². The maximum absolute atomic E-state index is 14.1. The van der Waals surface area contributed by atoms with Crippen LogP contribution in [0.2, 0.25) is 0 Å². The number of benzene rings is 1. The predicted molar refractivity (Wildman–Crippen MR) is 88.3 cm³/mol. The lowest BCUT2D eigenvalue weighted by Gasteiger charge is -2.21. The summed E-state index contributed by atoms with van der Waals surface area (Å²) >= 11 is 7.03. The number of rotatable bonds is 4. The lowest BCUT2D eigenvalue weighted by molar-refractivity contribution is -0.116. The number of anilines is 1. The van der Waals surface area contributed by atoms with E-state index in [1.54, 1.807) is 24.6 Å². The van der Waals surface area contributed by atoms with Gasteiger partial charge in [-0.3, -0.25) is 9.69 Å². The average molecular weight is 351 g/mol. The van der Waals surface area contributed by atoms with Crippen molar-refractivity contribution < 1.29 is 9.18 Å². The van der Waals surface area contributed by atoms with E-state index in [1.807, 2.05) is 0 Å². The van der Waals surface area contributed by atoms with Crippen molar-refractivity contribution in [2.24, 2.45) is 0 Å². The van der Waals surface area contributed by atoms with Crippen LogP contribution in [0.5, 0.6) is 0 Å². The number of halogens is 2. The van der Waals surface area contributed by atoms with Gasteiger partial charge >= 0.3 is 0 Å². The number of aryl methyl sites for hydroxylation is 1. The van der Waals surface area contributed by atoms with Gasteiger partial charge in [0.15, 0.2) is 0 Å². The van der Waals surface area contributed by atoms with E-state index in [0.29, 0.717) is 15.9 Å². The van der Waals surface area contributed by atoms with Crippen LogP contribution >= 0.6 is 22.9 Å². The molecule has 0 atom stereocenters. The van der Waals surface area contributed by atoms with Crippen molar-refractivity contribution >= 4 is 45.1 Å². The second kappa shape index (κ2) is 6.55. The van der Waals surface area contributed by atoms with Crippen molar-refractivity contribution in [2.45, 2.75) is 13.5 Å². The Balaban J connectivity index is 2.02. The van der Waals surface area contributed by atoms with E-state index in [-0.39, 0.29) is 24.2 Å². The third kappa shape index (κ3) is 3.16. The fourth-order valence-electron chi connectivity index (χ4n) is 2.16. The molecule has 0 aliphatic carbocycles. The standard InChI is InChI=1S/C15H12ClFN4OS/c1-9-3-2-4-11(17)10(9)7-21(13(22)5-16)15-18-6-12-14(20-15)23-8-19-12/h2-4,6,8H,5,7H2,1H3. The van der Waals surface area contributed by atoms with E-state index in [1.165, 1.54) is 28.5 Å². The molecule has 118 valence electrons. The summed E-state index contributed by atoms with van der Waals surface area (Å²) in [7, 11) is 0. The molecule has 3 rings (SSSR count). The van der Waals surface area contributed by atoms with Gasteiger partial charge in [-0.1, -0.05) is 12.1 Å². The number of hydrogen-bond donors (Lipinski definition) is 0. The lowest BCUT2D eigenvalue weighted by Crippen LogP contribution is -2.33. The Hall–Kier alpha value is -2.12. The fourth-order valence-corrected chi connectivity index (χ4v) is 2.93. The number of carbonyl (C=O) groups excluding carboxylic acids is 1. The molecule has 0 aliphatic heterocycles. The van der Waals surface area contributed by atoms with Crippen LogP contribution in [-0.4, -0.2) is 26.7 Å². The van der Waals surface area contributed by atoms with Gasteiger partial charge in [0.1, 0.15) is 22.0 Å². The molecule has 0 spiro atoms. The highest BCUT2D eigenvalue weighted by Gasteiger charge is 2.21. The summed E-state index contributed by atoms with van der Waals surface area (Å²) in [5, 5.41) is 0. The van der Waals surface area contributed by atoms with E-state index in [9.17, 15) is 9.18 Å². The summed E-state index contributed by atoms with van der Waals surface area (Å²) in [6.07, 6.45) is 1.54. The first-order chi connectivity index (χ1) is 11.1. The molecule has 0 fully saturated rings. The lowest BCUT2D eigenvalue weighted by atomic mass is 10.1. The number of thiazole rings is 1. The first-order valence-corrected chi connectivity index (χ1v) is 8.18. The third-order valence-electron chi connectivity index (χ3n) is 3.41. The largest absolute Gasteiger partial charge is 0.275 e. The number of aromatic nitrogens is 3. The zero-order valence-electron chi connectivity index (χ0n) is 12.2. The Labute approximate surface area is 140 Å². The van der Waals surface area contributed by atoms with Crippen LogP contribution in [0.1, 0.15) is 11.1 Å². The summed E-state index contributed by atoms with van der Waals surface area (Å²) < 4.78 is 14.1. The number of fused-ring (bicyclic) bond motifs is 1. The normalized spacial score (nSPS) is 10.9. The van der Waals surface area contributed by atoms with Crippen molar-refractivity contribution in [2.75, 3.05) is 10.8 Å². The highest BCUT2D eigenvalue weighted by molar-refractivity contribution is 7.16. The van der Waals surface area contributed by atoms with E-state index in [0.717, 1.165) is 5.56 Å². The quantitative estimate of drug-likeness (QED) is 0.677. The number of amides is 1. The minimum absolute atomic E-state index is 0.0222. The third-order valence-corrected chi connectivity index (χ3v) is 4.37. The summed E-state index contributed by atoms with van der Waals surface area (Å²) in [4.78, 5) is 26.7. The van der Waals surface area contributed by atoms with Crippen molar-refractivity contribution in [3.8, 4) is 0 Å². The zero-order chi connectivity index (χ0) is 16.4. The summed E-state index contributed by atoms with van der Waals surface area (Å²) in [6.45, 7) is 1.81. The Morgan fingerprint density at radius 1 is 1.39 bits per heavy atom. The SMILES string of the molecule is Cc1cccc(F)c1CN(C(=O)CCl)c1ncc2ncsc2n1. The zero-order valence-corrected chi connectivity index (χ0v) is 13.7.